The van der Waals surface area contributed by atoms with Crippen molar-refractivity contribution in [1.29, 1.82) is 0 Å². The summed E-state index contributed by atoms with van der Waals surface area (Å²) in [7, 11) is 1.95. The van der Waals surface area contributed by atoms with Crippen LogP contribution in [-0.4, -0.2) is 43.6 Å². The van der Waals surface area contributed by atoms with Gasteiger partial charge >= 0.3 is 0 Å². The van der Waals surface area contributed by atoms with Crippen molar-refractivity contribution < 1.29 is 13.9 Å². The Morgan fingerprint density at radius 1 is 1.39 bits per heavy atom. The van der Waals surface area contributed by atoms with Crippen molar-refractivity contribution in [1.82, 2.24) is 10.2 Å². The molecule has 0 aromatic heterocycles. The average Bonchev–Trinajstić information content (AvgIpc) is 2.54. The normalized spacial score (nSPS) is 16.6. The fraction of sp³-hybridized carbons (Fsp3) is 0.588. The van der Waals surface area contributed by atoms with Gasteiger partial charge in [0.15, 0.2) is 17.7 Å². The van der Waals surface area contributed by atoms with Gasteiger partial charge in [-0.3, -0.25) is 4.79 Å². The number of rotatable bonds is 6. The number of nitrogens with zero attached hydrogens (tertiary/aromatic N) is 1. The first-order valence-electron chi connectivity index (χ1n) is 8.00. The number of ether oxygens (including phenoxy) is 1. The van der Waals surface area contributed by atoms with E-state index in [1.165, 1.54) is 6.07 Å². The van der Waals surface area contributed by atoms with Gasteiger partial charge in [0, 0.05) is 13.1 Å². The van der Waals surface area contributed by atoms with Crippen molar-refractivity contribution in [3.8, 4) is 5.75 Å². The lowest BCUT2D eigenvalue weighted by atomic mass is 9.96. The molecule has 1 aromatic rings. The van der Waals surface area contributed by atoms with Crippen molar-refractivity contribution >= 4 is 18.3 Å². The van der Waals surface area contributed by atoms with Crippen LogP contribution >= 0.6 is 12.4 Å². The smallest absolute Gasteiger partial charge is 0.263 e. The summed E-state index contributed by atoms with van der Waals surface area (Å²) in [4.78, 5) is 14.4. The SMILES string of the molecule is CCC(Oc1ccccc1F)C(=O)N1CCC(CNC)CC1.Cl. The number of hydrogen-bond acceptors (Lipinski definition) is 3. The molecule has 1 atom stereocenters. The minimum Gasteiger partial charge on any atom is -0.478 e. The summed E-state index contributed by atoms with van der Waals surface area (Å²) in [5.74, 6) is 0.310. The number of benzene rings is 1. The van der Waals surface area contributed by atoms with Crippen molar-refractivity contribution in [2.24, 2.45) is 5.92 Å². The molecule has 1 amide bonds. The second kappa shape index (κ2) is 9.73. The number of halogens is 2. The first-order chi connectivity index (χ1) is 10.7. The average molecular weight is 345 g/mol. The van der Waals surface area contributed by atoms with Gasteiger partial charge in [-0.2, -0.15) is 0 Å². The summed E-state index contributed by atoms with van der Waals surface area (Å²) < 4.78 is 19.3. The van der Waals surface area contributed by atoms with Crippen LogP contribution < -0.4 is 10.1 Å². The molecule has 0 spiro atoms. The second-order valence-electron chi connectivity index (χ2n) is 5.77. The Morgan fingerprint density at radius 2 is 2.04 bits per heavy atom. The summed E-state index contributed by atoms with van der Waals surface area (Å²) >= 11 is 0. The molecule has 2 rings (SSSR count). The predicted molar refractivity (Wildman–Crippen MR) is 91.6 cm³/mol. The molecule has 6 heteroatoms. The van der Waals surface area contributed by atoms with Crippen LogP contribution in [0.3, 0.4) is 0 Å². The molecule has 0 aliphatic carbocycles. The van der Waals surface area contributed by atoms with Crippen LogP contribution in [0.1, 0.15) is 26.2 Å². The largest absolute Gasteiger partial charge is 0.478 e. The molecule has 0 radical (unpaired) electrons. The number of carbonyl (C=O) groups is 1. The number of likely N-dealkylation sites (tertiary alicyclic amines) is 1. The van der Waals surface area contributed by atoms with Gasteiger partial charge in [-0.25, -0.2) is 4.39 Å². The fourth-order valence-electron chi connectivity index (χ4n) is 2.85. The molecule has 1 aromatic carbocycles. The van der Waals surface area contributed by atoms with E-state index in [-0.39, 0.29) is 24.1 Å². The van der Waals surface area contributed by atoms with E-state index < -0.39 is 11.9 Å². The summed E-state index contributed by atoms with van der Waals surface area (Å²) in [6, 6.07) is 6.22. The van der Waals surface area contributed by atoms with E-state index in [1.807, 2.05) is 18.9 Å². The molecule has 1 aliphatic heterocycles. The van der Waals surface area contributed by atoms with Crippen LogP contribution in [-0.2, 0) is 4.79 Å². The Labute approximate surface area is 143 Å². The van der Waals surface area contributed by atoms with Gasteiger partial charge in [0.1, 0.15) is 0 Å². The van der Waals surface area contributed by atoms with E-state index in [1.54, 1.807) is 18.2 Å². The van der Waals surface area contributed by atoms with E-state index in [9.17, 15) is 9.18 Å². The molecule has 1 saturated heterocycles. The molecule has 23 heavy (non-hydrogen) atoms. The zero-order chi connectivity index (χ0) is 15.9. The third-order valence-electron chi connectivity index (χ3n) is 4.17. The molecular weight excluding hydrogens is 319 g/mol. The summed E-state index contributed by atoms with van der Waals surface area (Å²) in [5, 5.41) is 3.18. The highest BCUT2D eigenvalue weighted by atomic mass is 35.5. The monoisotopic (exact) mass is 344 g/mol. The minimum atomic E-state index is -0.613. The van der Waals surface area contributed by atoms with Gasteiger partial charge in [0.2, 0.25) is 0 Å². The van der Waals surface area contributed by atoms with Crippen LogP contribution in [0.15, 0.2) is 24.3 Å². The highest BCUT2D eigenvalue weighted by Gasteiger charge is 2.28. The van der Waals surface area contributed by atoms with E-state index in [0.29, 0.717) is 12.3 Å². The topological polar surface area (TPSA) is 41.6 Å². The zero-order valence-corrected chi connectivity index (χ0v) is 14.6. The molecule has 1 unspecified atom stereocenters. The van der Waals surface area contributed by atoms with Crippen LogP contribution in [0.4, 0.5) is 4.39 Å². The van der Waals surface area contributed by atoms with E-state index in [4.69, 9.17) is 4.74 Å². The maximum atomic E-state index is 13.7. The van der Waals surface area contributed by atoms with Crippen molar-refractivity contribution in [3.05, 3.63) is 30.1 Å². The number of hydrogen-bond donors (Lipinski definition) is 1. The molecular formula is C17H26ClFN2O2. The standard InChI is InChI=1S/C17H25FN2O2.ClH/c1-3-15(22-16-7-5-4-6-14(16)18)17(21)20-10-8-13(9-11-20)12-19-2;/h4-7,13,15,19H,3,8-12H2,1-2H3;1H. The Morgan fingerprint density at radius 3 is 2.61 bits per heavy atom. The maximum absolute atomic E-state index is 13.7. The van der Waals surface area contributed by atoms with Crippen molar-refractivity contribution in [2.45, 2.75) is 32.3 Å². The van der Waals surface area contributed by atoms with Gasteiger partial charge < -0.3 is 15.0 Å². The van der Waals surface area contributed by atoms with Crippen LogP contribution in [0.25, 0.3) is 0 Å². The Kier molecular flexibility index (Phi) is 8.34. The highest BCUT2D eigenvalue weighted by Crippen LogP contribution is 2.21. The number of carbonyl (C=O) groups excluding carboxylic acids is 1. The molecule has 4 nitrogen and oxygen atoms in total. The quantitative estimate of drug-likeness (QED) is 0.862. The first-order valence-corrected chi connectivity index (χ1v) is 8.00. The maximum Gasteiger partial charge on any atom is 0.263 e. The van der Waals surface area contributed by atoms with Crippen molar-refractivity contribution in [3.63, 3.8) is 0 Å². The van der Waals surface area contributed by atoms with E-state index in [2.05, 4.69) is 5.32 Å². The lowest BCUT2D eigenvalue weighted by molar-refractivity contribution is -0.140. The van der Waals surface area contributed by atoms with Gasteiger partial charge in [-0.05, 0) is 50.9 Å². The van der Waals surface area contributed by atoms with Gasteiger partial charge in [-0.1, -0.05) is 19.1 Å². The Bertz CT molecular complexity index is 493. The molecule has 1 N–H and O–H groups in total. The Balaban J connectivity index is 0.00000264. The Hall–Kier alpha value is -1.33. The number of piperidine rings is 1. The first kappa shape index (κ1) is 19.7. The lowest BCUT2D eigenvalue weighted by Crippen LogP contribution is -2.46. The lowest BCUT2D eigenvalue weighted by Gasteiger charge is -2.34. The number of nitrogens with one attached hydrogen (secondary N) is 1. The van der Waals surface area contributed by atoms with E-state index >= 15 is 0 Å². The van der Waals surface area contributed by atoms with E-state index in [0.717, 1.165) is 32.5 Å². The van der Waals surface area contributed by atoms with Gasteiger partial charge in [0.05, 0.1) is 0 Å². The minimum absolute atomic E-state index is 0. The van der Waals surface area contributed by atoms with Crippen LogP contribution in [0.2, 0.25) is 0 Å². The third-order valence-corrected chi connectivity index (χ3v) is 4.17. The molecule has 0 saturated carbocycles. The van der Waals surface area contributed by atoms with Gasteiger partial charge in [0.25, 0.3) is 5.91 Å². The number of amides is 1. The molecule has 1 aliphatic rings. The zero-order valence-electron chi connectivity index (χ0n) is 13.8. The molecule has 1 heterocycles. The summed E-state index contributed by atoms with van der Waals surface area (Å²) in [6.07, 6.45) is 1.92. The molecule has 1 fully saturated rings. The third kappa shape index (κ3) is 5.36. The highest BCUT2D eigenvalue weighted by molar-refractivity contribution is 5.85. The van der Waals surface area contributed by atoms with Gasteiger partial charge in [-0.15, -0.1) is 12.4 Å². The summed E-state index contributed by atoms with van der Waals surface area (Å²) in [6.45, 7) is 4.38. The molecule has 0 bridgehead atoms. The fourth-order valence-corrected chi connectivity index (χ4v) is 2.85. The second-order valence-corrected chi connectivity index (χ2v) is 5.77. The van der Waals surface area contributed by atoms with Crippen molar-refractivity contribution in [2.75, 3.05) is 26.7 Å². The number of para-hydroxylation sites is 1. The molecule has 130 valence electrons. The van der Waals surface area contributed by atoms with Crippen LogP contribution in [0.5, 0.6) is 5.75 Å². The summed E-state index contributed by atoms with van der Waals surface area (Å²) in [5.41, 5.74) is 0. The predicted octanol–water partition coefficient (Wildman–Crippen LogP) is 2.86. The van der Waals surface area contributed by atoms with Crippen LogP contribution in [0, 0.1) is 11.7 Å².